The predicted octanol–water partition coefficient (Wildman–Crippen LogP) is 3.78. The van der Waals surface area contributed by atoms with E-state index in [1.165, 1.54) is 0 Å². The molecule has 0 bridgehead atoms. The summed E-state index contributed by atoms with van der Waals surface area (Å²) in [5, 5.41) is 0.154. The van der Waals surface area contributed by atoms with Gasteiger partial charge in [-0.3, -0.25) is 4.79 Å². The van der Waals surface area contributed by atoms with Gasteiger partial charge in [-0.2, -0.15) is 0 Å². The number of nitrogens with one attached hydrogen (secondary N) is 1. The van der Waals surface area contributed by atoms with E-state index in [9.17, 15) is 13.6 Å². The molecule has 3 rings (SSSR count). The fraction of sp³-hybridized carbons (Fsp3) is 0.0625. The maximum absolute atomic E-state index is 13.3. The van der Waals surface area contributed by atoms with Gasteiger partial charge >= 0.3 is 0 Å². The van der Waals surface area contributed by atoms with Gasteiger partial charge in [-0.25, -0.2) is 8.78 Å². The second-order valence-electron chi connectivity index (χ2n) is 4.63. The van der Waals surface area contributed by atoms with Gasteiger partial charge in [0.25, 0.3) is 0 Å². The predicted molar refractivity (Wildman–Crippen MR) is 74.7 cm³/mol. The van der Waals surface area contributed by atoms with Crippen molar-refractivity contribution in [3.05, 3.63) is 69.9 Å². The van der Waals surface area contributed by atoms with E-state index in [2.05, 4.69) is 4.98 Å². The molecular formula is C16H11F2NO. The first-order chi connectivity index (χ1) is 9.58. The van der Waals surface area contributed by atoms with Crippen molar-refractivity contribution < 1.29 is 8.78 Å². The molecular weight excluding hydrogens is 260 g/mol. The molecule has 3 aromatic rings. The van der Waals surface area contributed by atoms with Gasteiger partial charge in [0, 0.05) is 17.0 Å². The highest BCUT2D eigenvalue weighted by atomic mass is 19.2. The zero-order valence-electron chi connectivity index (χ0n) is 10.7. The second kappa shape index (κ2) is 4.56. The highest BCUT2D eigenvalue weighted by Crippen LogP contribution is 2.23. The minimum absolute atomic E-state index is 0.154. The van der Waals surface area contributed by atoms with Crippen LogP contribution in [0.3, 0.4) is 0 Å². The van der Waals surface area contributed by atoms with E-state index in [4.69, 9.17) is 0 Å². The number of fused-ring (bicyclic) bond motifs is 1. The Morgan fingerprint density at radius 3 is 2.35 bits per heavy atom. The van der Waals surface area contributed by atoms with Gasteiger partial charge in [-0.05, 0) is 18.6 Å². The topological polar surface area (TPSA) is 32.9 Å². The van der Waals surface area contributed by atoms with Crippen LogP contribution in [0, 0.1) is 18.6 Å². The van der Waals surface area contributed by atoms with Crippen LogP contribution in [-0.2, 0) is 0 Å². The zero-order valence-corrected chi connectivity index (χ0v) is 10.7. The van der Waals surface area contributed by atoms with Crippen molar-refractivity contribution in [3.63, 3.8) is 0 Å². The zero-order chi connectivity index (χ0) is 14.3. The summed E-state index contributed by atoms with van der Waals surface area (Å²) in [4.78, 5) is 15.3. The van der Waals surface area contributed by atoms with Crippen molar-refractivity contribution >= 4 is 10.9 Å². The van der Waals surface area contributed by atoms with Gasteiger partial charge in [0.1, 0.15) is 0 Å². The van der Waals surface area contributed by atoms with Gasteiger partial charge in [0.2, 0.25) is 0 Å². The van der Waals surface area contributed by atoms with Crippen molar-refractivity contribution in [1.29, 1.82) is 0 Å². The molecule has 100 valence electrons. The van der Waals surface area contributed by atoms with Crippen LogP contribution in [-0.4, -0.2) is 4.98 Å². The van der Waals surface area contributed by atoms with Crippen LogP contribution in [0.1, 0.15) is 5.56 Å². The minimum Gasteiger partial charge on any atom is -0.354 e. The highest BCUT2D eigenvalue weighted by molar-refractivity contribution is 5.83. The van der Waals surface area contributed by atoms with Gasteiger partial charge in [0.05, 0.1) is 11.2 Å². The number of hydrogen-bond acceptors (Lipinski definition) is 1. The SMILES string of the molecule is Cc1c(-c2ccccc2)[nH]c2cc(F)c(F)cc2c1=O. The molecule has 20 heavy (non-hydrogen) atoms. The molecule has 4 heteroatoms. The molecule has 0 aliphatic heterocycles. The number of halogens is 2. The number of H-pyrrole nitrogens is 1. The van der Waals surface area contributed by atoms with Gasteiger partial charge in [-0.15, -0.1) is 0 Å². The molecule has 0 atom stereocenters. The van der Waals surface area contributed by atoms with Crippen LogP contribution in [0.15, 0.2) is 47.3 Å². The lowest BCUT2D eigenvalue weighted by Crippen LogP contribution is -2.10. The van der Waals surface area contributed by atoms with E-state index in [1.54, 1.807) is 6.92 Å². The lowest BCUT2D eigenvalue weighted by Gasteiger charge is -2.09. The third-order valence-electron chi connectivity index (χ3n) is 3.34. The first-order valence-corrected chi connectivity index (χ1v) is 6.15. The maximum Gasteiger partial charge on any atom is 0.193 e. The summed E-state index contributed by atoms with van der Waals surface area (Å²) in [6, 6.07) is 11.2. The van der Waals surface area contributed by atoms with Crippen LogP contribution in [0.4, 0.5) is 8.78 Å². The van der Waals surface area contributed by atoms with Crippen molar-refractivity contribution in [2.45, 2.75) is 6.92 Å². The fourth-order valence-corrected chi connectivity index (χ4v) is 2.28. The number of pyridine rings is 1. The molecule has 0 aliphatic rings. The Kier molecular flexibility index (Phi) is 2.86. The molecule has 2 nitrogen and oxygen atoms in total. The monoisotopic (exact) mass is 271 g/mol. The summed E-state index contributed by atoms with van der Waals surface area (Å²) < 4.78 is 26.6. The Balaban J connectivity index is 2.39. The number of benzene rings is 2. The molecule has 0 unspecified atom stereocenters. The lowest BCUT2D eigenvalue weighted by molar-refractivity contribution is 0.510. The molecule has 1 N–H and O–H groups in total. The molecule has 1 aromatic heterocycles. The number of rotatable bonds is 1. The maximum atomic E-state index is 13.3. The van der Waals surface area contributed by atoms with Crippen LogP contribution in [0.25, 0.3) is 22.2 Å². The Bertz CT molecular complexity index is 854. The summed E-state index contributed by atoms with van der Waals surface area (Å²) >= 11 is 0. The highest BCUT2D eigenvalue weighted by Gasteiger charge is 2.12. The Labute approximate surface area is 113 Å². The van der Waals surface area contributed by atoms with E-state index >= 15 is 0 Å². The molecule has 0 saturated heterocycles. The van der Waals surface area contributed by atoms with Crippen molar-refractivity contribution in [3.8, 4) is 11.3 Å². The molecule has 1 heterocycles. The largest absolute Gasteiger partial charge is 0.354 e. The molecule has 2 aromatic carbocycles. The number of aromatic nitrogens is 1. The molecule has 0 aliphatic carbocycles. The fourth-order valence-electron chi connectivity index (χ4n) is 2.28. The third-order valence-corrected chi connectivity index (χ3v) is 3.34. The van der Waals surface area contributed by atoms with Crippen LogP contribution >= 0.6 is 0 Å². The van der Waals surface area contributed by atoms with Crippen molar-refractivity contribution in [1.82, 2.24) is 4.98 Å². The Morgan fingerprint density at radius 1 is 1.00 bits per heavy atom. The molecule has 0 spiro atoms. The van der Waals surface area contributed by atoms with E-state index in [0.29, 0.717) is 16.8 Å². The first kappa shape index (κ1) is 12.5. The van der Waals surface area contributed by atoms with Gasteiger partial charge < -0.3 is 4.98 Å². The molecule has 0 amide bonds. The number of hydrogen-bond donors (Lipinski definition) is 1. The van der Waals surface area contributed by atoms with Crippen molar-refractivity contribution in [2.75, 3.05) is 0 Å². The van der Waals surface area contributed by atoms with Gasteiger partial charge in [-0.1, -0.05) is 30.3 Å². The van der Waals surface area contributed by atoms with Crippen molar-refractivity contribution in [2.24, 2.45) is 0 Å². The summed E-state index contributed by atoms with van der Waals surface area (Å²) in [7, 11) is 0. The van der Waals surface area contributed by atoms with E-state index in [0.717, 1.165) is 17.7 Å². The third kappa shape index (κ3) is 1.90. The second-order valence-corrected chi connectivity index (χ2v) is 4.63. The van der Waals surface area contributed by atoms with Crippen LogP contribution in [0.2, 0.25) is 0 Å². The average molecular weight is 271 g/mol. The average Bonchev–Trinajstić information content (AvgIpc) is 2.46. The minimum atomic E-state index is -1.02. The summed E-state index contributed by atoms with van der Waals surface area (Å²) in [6.45, 7) is 1.67. The Hall–Kier alpha value is -2.49. The lowest BCUT2D eigenvalue weighted by atomic mass is 10.0. The van der Waals surface area contributed by atoms with E-state index in [-0.39, 0.29) is 10.8 Å². The van der Waals surface area contributed by atoms with E-state index < -0.39 is 11.6 Å². The quantitative estimate of drug-likeness (QED) is 0.717. The smallest absolute Gasteiger partial charge is 0.193 e. The van der Waals surface area contributed by atoms with Gasteiger partial charge in [0.15, 0.2) is 17.1 Å². The van der Waals surface area contributed by atoms with Crippen LogP contribution < -0.4 is 5.43 Å². The standard InChI is InChI=1S/C16H11F2NO/c1-9-15(10-5-3-2-4-6-10)19-14-8-13(18)12(17)7-11(14)16(9)20/h2-8H,1H3,(H,19,20). The molecule has 0 radical (unpaired) electrons. The number of aromatic amines is 1. The van der Waals surface area contributed by atoms with Crippen LogP contribution in [0.5, 0.6) is 0 Å². The summed E-state index contributed by atoms with van der Waals surface area (Å²) in [6.07, 6.45) is 0. The summed E-state index contributed by atoms with van der Waals surface area (Å²) in [5.74, 6) is -1.99. The molecule has 0 saturated carbocycles. The normalized spacial score (nSPS) is 10.9. The Morgan fingerprint density at radius 2 is 1.65 bits per heavy atom. The molecule has 0 fully saturated rings. The van der Waals surface area contributed by atoms with E-state index in [1.807, 2.05) is 30.3 Å². The summed E-state index contributed by atoms with van der Waals surface area (Å²) in [5.41, 5.74) is 1.92. The first-order valence-electron chi connectivity index (χ1n) is 6.15.